The highest BCUT2D eigenvalue weighted by molar-refractivity contribution is 5.78. The number of benzene rings is 2. The van der Waals surface area contributed by atoms with Crippen molar-refractivity contribution in [2.24, 2.45) is 0 Å². The first kappa shape index (κ1) is 22.3. The highest BCUT2D eigenvalue weighted by atomic mass is 16.6. The average Bonchev–Trinajstić information content (AvgIpc) is 3.10. The molecule has 4 rings (SSSR count). The van der Waals surface area contributed by atoms with E-state index in [0.29, 0.717) is 35.9 Å². The van der Waals surface area contributed by atoms with E-state index in [2.05, 4.69) is 5.10 Å². The number of aryl methyl sites for hydroxylation is 1. The fourth-order valence-electron chi connectivity index (χ4n) is 4.53. The number of carbonyl (C=O) groups is 1. The quantitative estimate of drug-likeness (QED) is 0.420. The Morgan fingerprint density at radius 3 is 2.42 bits per heavy atom. The Hall–Kier alpha value is -3.88. The summed E-state index contributed by atoms with van der Waals surface area (Å²) in [7, 11) is 3.19. The molecule has 0 N–H and O–H groups in total. The van der Waals surface area contributed by atoms with Crippen LogP contribution in [-0.2, 0) is 17.8 Å². The summed E-state index contributed by atoms with van der Waals surface area (Å²) in [4.78, 5) is 26.2. The first-order valence-electron chi connectivity index (χ1n) is 10.6. The van der Waals surface area contributed by atoms with E-state index in [4.69, 9.17) is 9.47 Å². The van der Waals surface area contributed by atoms with Crippen molar-refractivity contribution in [3.05, 3.63) is 80.7 Å². The van der Waals surface area contributed by atoms with Crippen molar-refractivity contribution >= 4 is 11.6 Å². The standard InChI is InChI=1S/C24H26N4O5/c1-15-23(28(30)31)16(2)27(25-15)14-22(29)26-11-10-18-12-20(32-3)21(33-4)13-19(18)24(26)17-8-6-5-7-9-17/h5-9,12-13,24H,10-11,14H2,1-4H3/t24-/m1/s1. The molecule has 0 unspecified atom stereocenters. The molecule has 1 aromatic heterocycles. The zero-order chi connectivity index (χ0) is 23.7. The van der Waals surface area contributed by atoms with Gasteiger partial charge in [0, 0.05) is 6.54 Å². The predicted octanol–water partition coefficient (Wildman–Crippen LogP) is 3.60. The highest BCUT2D eigenvalue weighted by Crippen LogP contribution is 2.41. The molecule has 0 radical (unpaired) electrons. The normalized spacial score (nSPS) is 15.2. The molecule has 0 spiro atoms. The van der Waals surface area contributed by atoms with Crippen LogP contribution in [0.5, 0.6) is 11.5 Å². The van der Waals surface area contributed by atoms with Crippen molar-refractivity contribution in [2.75, 3.05) is 20.8 Å². The summed E-state index contributed by atoms with van der Waals surface area (Å²) in [6.45, 7) is 3.62. The zero-order valence-electron chi connectivity index (χ0n) is 19.1. The summed E-state index contributed by atoms with van der Waals surface area (Å²) in [5.41, 5.74) is 3.64. The summed E-state index contributed by atoms with van der Waals surface area (Å²) in [6.07, 6.45) is 0.655. The number of fused-ring (bicyclic) bond motifs is 1. The lowest BCUT2D eigenvalue weighted by molar-refractivity contribution is -0.386. The van der Waals surface area contributed by atoms with Gasteiger partial charge in [0.2, 0.25) is 5.91 Å². The summed E-state index contributed by atoms with van der Waals surface area (Å²) >= 11 is 0. The van der Waals surface area contributed by atoms with Gasteiger partial charge < -0.3 is 14.4 Å². The number of amides is 1. The molecule has 0 fully saturated rings. The second-order valence-corrected chi connectivity index (χ2v) is 7.99. The Kier molecular flexibility index (Phi) is 6.04. The molecule has 9 nitrogen and oxygen atoms in total. The number of nitrogens with zero attached hydrogens (tertiary/aromatic N) is 4. The molecule has 0 saturated heterocycles. The van der Waals surface area contributed by atoms with E-state index in [-0.39, 0.29) is 24.2 Å². The van der Waals surface area contributed by atoms with Gasteiger partial charge in [0.1, 0.15) is 17.9 Å². The predicted molar refractivity (Wildman–Crippen MR) is 122 cm³/mol. The second kappa shape index (κ2) is 8.93. The smallest absolute Gasteiger partial charge is 0.312 e. The number of carbonyl (C=O) groups excluding carboxylic acids is 1. The number of aromatic nitrogens is 2. The van der Waals surface area contributed by atoms with Crippen LogP contribution in [0.1, 0.15) is 34.1 Å². The van der Waals surface area contributed by atoms with Gasteiger partial charge in [-0.25, -0.2) is 0 Å². The van der Waals surface area contributed by atoms with Crippen LogP contribution in [0.4, 0.5) is 5.69 Å². The number of methoxy groups -OCH3 is 2. The van der Waals surface area contributed by atoms with Crippen LogP contribution in [0.2, 0.25) is 0 Å². The van der Waals surface area contributed by atoms with Gasteiger partial charge in [-0.1, -0.05) is 30.3 Å². The van der Waals surface area contributed by atoms with Gasteiger partial charge in [0.25, 0.3) is 0 Å². The Bertz CT molecular complexity index is 1210. The van der Waals surface area contributed by atoms with Crippen LogP contribution in [0.3, 0.4) is 0 Å². The largest absolute Gasteiger partial charge is 0.493 e. The first-order valence-corrected chi connectivity index (χ1v) is 10.6. The maximum absolute atomic E-state index is 13.5. The second-order valence-electron chi connectivity index (χ2n) is 7.99. The number of ether oxygens (including phenoxy) is 2. The molecule has 3 aromatic rings. The molecule has 9 heteroatoms. The maximum Gasteiger partial charge on any atom is 0.312 e. The molecule has 0 aliphatic carbocycles. The third-order valence-electron chi connectivity index (χ3n) is 6.12. The third kappa shape index (κ3) is 4.02. The van der Waals surface area contributed by atoms with Crippen molar-refractivity contribution in [1.82, 2.24) is 14.7 Å². The molecule has 2 aromatic carbocycles. The Morgan fingerprint density at radius 1 is 1.15 bits per heavy atom. The fraction of sp³-hybridized carbons (Fsp3) is 0.333. The number of hydrogen-bond acceptors (Lipinski definition) is 6. The zero-order valence-corrected chi connectivity index (χ0v) is 19.1. The number of nitro groups is 1. The summed E-state index contributed by atoms with van der Waals surface area (Å²) in [5.74, 6) is 1.09. The molecule has 1 aliphatic heterocycles. The molecule has 1 aliphatic rings. The first-order chi connectivity index (χ1) is 15.8. The topological polar surface area (TPSA) is 99.7 Å². The van der Waals surface area contributed by atoms with Gasteiger partial charge in [-0.2, -0.15) is 5.10 Å². The fourth-order valence-corrected chi connectivity index (χ4v) is 4.53. The van der Waals surface area contributed by atoms with Crippen molar-refractivity contribution in [3.8, 4) is 11.5 Å². The molecular formula is C24H26N4O5. The summed E-state index contributed by atoms with van der Waals surface area (Å²) < 4.78 is 12.4. The van der Waals surface area contributed by atoms with E-state index in [1.54, 1.807) is 28.1 Å². The van der Waals surface area contributed by atoms with Crippen molar-refractivity contribution in [2.45, 2.75) is 32.9 Å². The molecule has 2 heterocycles. The molecule has 1 atom stereocenters. The van der Waals surface area contributed by atoms with Gasteiger partial charge in [-0.15, -0.1) is 0 Å². The van der Waals surface area contributed by atoms with Crippen LogP contribution >= 0.6 is 0 Å². The SMILES string of the molecule is COc1cc2c(cc1OC)[C@@H](c1ccccc1)N(C(=O)Cn1nc(C)c([N+](=O)[O-])c1C)CC2. The summed E-state index contributed by atoms with van der Waals surface area (Å²) in [5, 5.41) is 15.6. The molecule has 1 amide bonds. The lowest BCUT2D eigenvalue weighted by Crippen LogP contribution is -2.42. The Labute approximate surface area is 191 Å². The lowest BCUT2D eigenvalue weighted by atomic mass is 9.87. The van der Waals surface area contributed by atoms with E-state index >= 15 is 0 Å². The average molecular weight is 450 g/mol. The van der Waals surface area contributed by atoms with Gasteiger partial charge >= 0.3 is 5.69 Å². The Morgan fingerprint density at radius 2 is 1.82 bits per heavy atom. The molecule has 0 saturated carbocycles. The van der Waals surface area contributed by atoms with Crippen LogP contribution < -0.4 is 9.47 Å². The van der Waals surface area contributed by atoms with E-state index < -0.39 is 4.92 Å². The van der Waals surface area contributed by atoms with Crippen molar-refractivity contribution in [1.29, 1.82) is 0 Å². The molecular weight excluding hydrogens is 424 g/mol. The monoisotopic (exact) mass is 450 g/mol. The van der Waals surface area contributed by atoms with E-state index in [1.165, 1.54) is 4.68 Å². The lowest BCUT2D eigenvalue weighted by Gasteiger charge is -2.38. The van der Waals surface area contributed by atoms with E-state index in [0.717, 1.165) is 16.7 Å². The molecule has 172 valence electrons. The van der Waals surface area contributed by atoms with Crippen LogP contribution in [-0.4, -0.2) is 46.3 Å². The molecule has 33 heavy (non-hydrogen) atoms. The van der Waals surface area contributed by atoms with Gasteiger partial charge in [-0.05, 0) is 49.1 Å². The minimum absolute atomic E-state index is 0.0526. The number of rotatable bonds is 6. The van der Waals surface area contributed by atoms with E-state index in [1.807, 2.05) is 47.4 Å². The minimum atomic E-state index is -0.456. The molecule has 0 bridgehead atoms. The summed E-state index contributed by atoms with van der Waals surface area (Å²) in [6, 6.07) is 13.4. The minimum Gasteiger partial charge on any atom is -0.493 e. The van der Waals surface area contributed by atoms with Crippen molar-refractivity contribution in [3.63, 3.8) is 0 Å². The maximum atomic E-state index is 13.5. The van der Waals surface area contributed by atoms with Crippen LogP contribution in [0.15, 0.2) is 42.5 Å². The van der Waals surface area contributed by atoms with Crippen molar-refractivity contribution < 1.29 is 19.2 Å². The van der Waals surface area contributed by atoms with Gasteiger partial charge in [0.15, 0.2) is 11.5 Å². The van der Waals surface area contributed by atoms with Crippen LogP contribution in [0.25, 0.3) is 0 Å². The van der Waals surface area contributed by atoms with Gasteiger partial charge in [-0.3, -0.25) is 19.6 Å². The Balaban J connectivity index is 1.75. The third-order valence-corrected chi connectivity index (χ3v) is 6.12. The van der Waals surface area contributed by atoms with E-state index in [9.17, 15) is 14.9 Å². The van der Waals surface area contributed by atoms with Crippen LogP contribution in [0, 0.1) is 24.0 Å². The van der Waals surface area contributed by atoms with Gasteiger partial charge in [0.05, 0.1) is 25.2 Å². The number of hydrogen-bond donors (Lipinski definition) is 0. The highest BCUT2D eigenvalue weighted by Gasteiger charge is 2.34.